The molecular formula is C25H21FN2O4. The van der Waals surface area contributed by atoms with Crippen molar-refractivity contribution >= 4 is 28.8 Å². The predicted octanol–water partition coefficient (Wildman–Crippen LogP) is 4.63. The number of benzene rings is 3. The molecule has 3 aromatic carbocycles. The van der Waals surface area contributed by atoms with Crippen LogP contribution in [0.3, 0.4) is 0 Å². The number of carbonyl (C=O) groups excluding carboxylic acids is 2. The molecule has 0 fully saturated rings. The summed E-state index contributed by atoms with van der Waals surface area (Å²) in [4.78, 5) is 27.7. The van der Waals surface area contributed by atoms with Gasteiger partial charge in [0.25, 0.3) is 11.8 Å². The molecule has 2 amide bonds. The van der Waals surface area contributed by atoms with Crippen LogP contribution >= 0.6 is 0 Å². The van der Waals surface area contributed by atoms with Crippen LogP contribution in [0, 0.1) is 5.82 Å². The average Bonchev–Trinajstić information content (AvgIpc) is 3.05. The highest BCUT2D eigenvalue weighted by molar-refractivity contribution is 6.46. The number of amides is 2. The van der Waals surface area contributed by atoms with Crippen LogP contribution < -0.4 is 19.7 Å². The zero-order valence-electron chi connectivity index (χ0n) is 17.6. The number of nitrogens with zero attached hydrogens (tertiary/aromatic N) is 1. The van der Waals surface area contributed by atoms with E-state index in [1.54, 1.807) is 54.6 Å². The molecule has 7 heteroatoms. The quantitative estimate of drug-likeness (QED) is 0.552. The van der Waals surface area contributed by atoms with Gasteiger partial charge in [0, 0.05) is 11.3 Å². The Kier molecular flexibility index (Phi) is 5.89. The van der Waals surface area contributed by atoms with Crippen LogP contribution in [-0.2, 0) is 9.59 Å². The van der Waals surface area contributed by atoms with Gasteiger partial charge in [0.15, 0.2) is 0 Å². The summed E-state index contributed by atoms with van der Waals surface area (Å²) in [5, 5.41) is 3.04. The van der Waals surface area contributed by atoms with Gasteiger partial charge in [-0.15, -0.1) is 0 Å². The second kappa shape index (κ2) is 8.93. The summed E-state index contributed by atoms with van der Waals surface area (Å²) >= 11 is 0. The number of halogens is 1. The number of ether oxygens (including phenoxy) is 2. The molecule has 4 rings (SSSR count). The van der Waals surface area contributed by atoms with Crippen molar-refractivity contribution in [3.05, 3.63) is 89.9 Å². The molecule has 1 N–H and O–H groups in total. The number of nitrogens with one attached hydrogen (secondary N) is 1. The van der Waals surface area contributed by atoms with Crippen LogP contribution in [0.5, 0.6) is 11.5 Å². The molecule has 1 aliphatic rings. The summed E-state index contributed by atoms with van der Waals surface area (Å²) in [7, 11) is 1.48. The van der Waals surface area contributed by atoms with Crippen molar-refractivity contribution in [1.82, 2.24) is 0 Å². The van der Waals surface area contributed by atoms with E-state index >= 15 is 0 Å². The molecule has 0 atom stereocenters. The normalized spacial score (nSPS) is 13.5. The van der Waals surface area contributed by atoms with E-state index < -0.39 is 17.6 Å². The molecule has 0 aliphatic carbocycles. The number of imide groups is 1. The molecule has 3 aromatic rings. The van der Waals surface area contributed by atoms with Gasteiger partial charge in [-0.25, -0.2) is 9.29 Å². The Morgan fingerprint density at radius 3 is 2.28 bits per heavy atom. The Hall–Kier alpha value is -4.13. The van der Waals surface area contributed by atoms with E-state index in [4.69, 9.17) is 9.47 Å². The number of methoxy groups -OCH3 is 1. The van der Waals surface area contributed by atoms with E-state index in [1.165, 1.54) is 25.3 Å². The van der Waals surface area contributed by atoms with Gasteiger partial charge in [-0.1, -0.05) is 30.3 Å². The third-order valence-electron chi connectivity index (χ3n) is 4.99. The van der Waals surface area contributed by atoms with Gasteiger partial charge < -0.3 is 14.8 Å². The Morgan fingerprint density at radius 2 is 1.59 bits per heavy atom. The zero-order chi connectivity index (χ0) is 22.7. The topological polar surface area (TPSA) is 67.9 Å². The third kappa shape index (κ3) is 3.80. The van der Waals surface area contributed by atoms with Crippen LogP contribution in [-0.4, -0.2) is 25.5 Å². The van der Waals surface area contributed by atoms with Crippen molar-refractivity contribution in [3.63, 3.8) is 0 Å². The standard InChI is InChI=1S/C25H21FN2O4/c1-3-32-17-14-12-16(13-15-17)27-23-22(18-8-4-7-11-21(18)31-2)24(29)28(25(23)30)20-10-6-5-9-19(20)26/h4-15,27H,3H2,1-2H3. The summed E-state index contributed by atoms with van der Waals surface area (Å²) in [6.45, 7) is 2.41. The highest BCUT2D eigenvalue weighted by Gasteiger charge is 2.42. The minimum Gasteiger partial charge on any atom is -0.496 e. The van der Waals surface area contributed by atoms with Gasteiger partial charge in [0.2, 0.25) is 0 Å². The first-order valence-electron chi connectivity index (χ1n) is 10.1. The fraction of sp³-hybridized carbons (Fsp3) is 0.120. The number of carbonyl (C=O) groups is 2. The maximum atomic E-state index is 14.5. The van der Waals surface area contributed by atoms with Crippen molar-refractivity contribution in [2.24, 2.45) is 0 Å². The van der Waals surface area contributed by atoms with E-state index in [2.05, 4.69) is 5.32 Å². The lowest BCUT2D eigenvalue weighted by atomic mass is 10.0. The summed E-state index contributed by atoms with van der Waals surface area (Å²) in [6.07, 6.45) is 0. The fourth-order valence-electron chi connectivity index (χ4n) is 3.54. The predicted molar refractivity (Wildman–Crippen MR) is 120 cm³/mol. The van der Waals surface area contributed by atoms with E-state index in [0.29, 0.717) is 29.4 Å². The summed E-state index contributed by atoms with van der Waals surface area (Å²) in [6, 6.07) is 19.5. The molecular weight excluding hydrogens is 411 g/mol. The molecule has 0 saturated heterocycles. The first-order valence-corrected chi connectivity index (χ1v) is 10.1. The first-order chi connectivity index (χ1) is 15.5. The third-order valence-corrected chi connectivity index (χ3v) is 4.99. The Bertz CT molecular complexity index is 1200. The Labute approximate surface area is 184 Å². The molecule has 6 nitrogen and oxygen atoms in total. The monoisotopic (exact) mass is 432 g/mol. The van der Waals surface area contributed by atoms with Crippen molar-refractivity contribution in [1.29, 1.82) is 0 Å². The Morgan fingerprint density at radius 1 is 0.906 bits per heavy atom. The van der Waals surface area contributed by atoms with Crippen LogP contribution in [0.1, 0.15) is 12.5 Å². The number of anilines is 2. The van der Waals surface area contributed by atoms with Crippen LogP contribution in [0.4, 0.5) is 15.8 Å². The number of rotatable bonds is 7. The maximum Gasteiger partial charge on any atom is 0.282 e. The number of para-hydroxylation sites is 2. The van der Waals surface area contributed by atoms with Gasteiger partial charge in [-0.3, -0.25) is 9.59 Å². The molecule has 0 radical (unpaired) electrons. The summed E-state index contributed by atoms with van der Waals surface area (Å²) in [5.41, 5.74) is 1.03. The summed E-state index contributed by atoms with van der Waals surface area (Å²) in [5.74, 6) is -0.868. The zero-order valence-corrected chi connectivity index (χ0v) is 17.6. The van der Waals surface area contributed by atoms with E-state index in [9.17, 15) is 14.0 Å². The second-order valence-electron chi connectivity index (χ2n) is 6.93. The Balaban J connectivity index is 1.82. The van der Waals surface area contributed by atoms with Crippen LogP contribution in [0.25, 0.3) is 5.57 Å². The van der Waals surface area contributed by atoms with Crippen molar-refractivity contribution in [2.45, 2.75) is 6.92 Å². The van der Waals surface area contributed by atoms with Crippen molar-refractivity contribution in [3.8, 4) is 11.5 Å². The molecule has 0 unspecified atom stereocenters. The lowest BCUT2D eigenvalue weighted by molar-refractivity contribution is -0.120. The minimum absolute atomic E-state index is 0.0342. The summed E-state index contributed by atoms with van der Waals surface area (Å²) < 4.78 is 25.4. The first kappa shape index (κ1) is 21.1. The van der Waals surface area contributed by atoms with E-state index in [1.807, 2.05) is 6.92 Å². The molecule has 162 valence electrons. The number of hydrogen-bond donors (Lipinski definition) is 1. The highest BCUT2D eigenvalue weighted by Crippen LogP contribution is 2.38. The lowest BCUT2D eigenvalue weighted by Crippen LogP contribution is -2.33. The van der Waals surface area contributed by atoms with Gasteiger partial charge in [-0.2, -0.15) is 0 Å². The van der Waals surface area contributed by atoms with Crippen molar-refractivity contribution in [2.75, 3.05) is 23.9 Å². The lowest BCUT2D eigenvalue weighted by Gasteiger charge is -2.16. The van der Waals surface area contributed by atoms with Gasteiger partial charge in [0.05, 0.1) is 25.0 Å². The van der Waals surface area contributed by atoms with E-state index in [-0.39, 0.29) is 17.0 Å². The van der Waals surface area contributed by atoms with E-state index in [0.717, 1.165) is 4.90 Å². The molecule has 0 aromatic heterocycles. The van der Waals surface area contributed by atoms with Crippen molar-refractivity contribution < 1.29 is 23.5 Å². The minimum atomic E-state index is -0.670. The fourth-order valence-corrected chi connectivity index (χ4v) is 3.54. The SMILES string of the molecule is CCOc1ccc(NC2=C(c3ccccc3OC)C(=O)N(c3ccccc3F)C2=O)cc1. The van der Waals surface area contributed by atoms with Gasteiger partial charge >= 0.3 is 0 Å². The van der Waals surface area contributed by atoms with Gasteiger partial charge in [0.1, 0.15) is 23.0 Å². The smallest absolute Gasteiger partial charge is 0.282 e. The molecule has 32 heavy (non-hydrogen) atoms. The molecule has 1 heterocycles. The van der Waals surface area contributed by atoms with Gasteiger partial charge in [-0.05, 0) is 49.4 Å². The van der Waals surface area contributed by atoms with Crippen LogP contribution in [0.15, 0.2) is 78.5 Å². The maximum absolute atomic E-state index is 14.5. The van der Waals surface area contributed by atoms with Crippen LogP contribution in [0.2, 0.25) is 0 Å². The number of hydrogen-bond acceptors (Lipinski definition) is 5. The molecule has 0 saturated carbocycles. The molecule has 0 bridgehead atoms. The largest absolute Gasteiger partial charge is 0.496 e. The second-order valence-corrected chi connectivity index (χ2v) is 6.93. The molecule has 0 spiro atoms. The molecule has 1 aliphatic heterocycles. The highest BCUT2D eigenvalue weighted by atomic mass is 19.1. The average molecular weight is 432 g/mol.